The minimum Gasteiger partial charge on any atom is -0.338 e. The fourth-order valence-corrected chi connectivity index (χ4v) is 3.21. The number of nitrogens with zero attached hydrogens (tertiary/aromatic N) is 3. The first kappa shape index (κ1) is 18.3. The first-order valence-electron chi connectivity index (χ1n) is 8.91. The summed E-state index contributed by atoms with van der Waals surface area (Å²) in [7, 11) is 0. The predicted molar refractivity (Wildman–Crippen MR) is 97.8 cm³/mol. The molecule has 0 bridgehead atoms. The molecule has 3 rings (SSSR count). The summed E-state index contributed by atoms with van der Waals surface area (Å²) in [5, 5.41) is 4.55. The van der Waals surface area contributed by atoms with E-state index in [0.29, 0.717) is 25.9 Å². The van der Waals surface area contributed by atoms with E-state index in [2.05, 4.69) is 25.9 Å². The molecule has 2 aromatic rings. The topological polar surface area (TPSA) is 55.2 Å². The maximum atomic E-state index is 13.8. The SMILES string of the molecule is CC(C)(C)c1ccc(=O)n(C2CCN(C(=O)c3ccccc3F)CC2)n1. The molecule has 1 fully saturated rings. The summed E-state index contributed by atoms with van der Waals surface area (Å²) in [4.78, 5) is 26.4. The van der Waals surface area contributed by atoms with Gasteiger partial charge in [0.25, 0.3) is 11.5 Å². The normalized spacial score (nSPS) is 15.9. The molecule has 1 aliphatic heterocycles. The highest BCUT2D eigenvalue weighted by Gasteiger charge is 2.27. The van der Waals surface area contributed by atoms with Gasteiger partial charge < -0.3 is 4.90 Å². The summed E-state index contributed by atoms with van der Waals surface area (Å²) in [6.45, 7) is 7.12. The highest BCUT2D eigenvalue weighted by Crippen LogP contribution is 2.24. The molecule has 2 heterocycles. The van der Waals surface area contributed by atoms with Crippen molar-refractivity contribution in [3.8, 4) is 0 Å². The Bertz CT molecular complexity index is 862. The van der Waals surface area contributed by atoms with E-state index in [9.17, 15) is 14.0 Å². The Labute approximate surface area is 152 Å². The molecule has 0 spiro atoms. The number of rotatable bonds is 2. The molecule has 1 aromatic heterocycles. The van der Waals surface area contributed by atoms with Crippen molar-refractivity contribution in [2.45, 2.75) is 45.1 Å². The maximum absolute atomic E-state index is 13.8. The molecule has 6 heteroatoms. The van der Waals surface area contributed by atoms with E-state index in [1.54, 1.807) is 33.8 Å². The molecule has 0 saturated carbocycles. The molecule has 0 radical (unpaired) electrons. The lowest BCUT2D eigenvalue weighted by atomic mass is 9.92. The number of benzene rings is 1. The number of aromatic nitrogens is 2. The van der Waals surface area contributed by atoms with Crippen LogP contribution in [0.3, 0.4) is 0 Å². The third-order valence-corrected chi connectivity index (χ3v) is 4.80. The zero-order valence-electron chi connectivity index (χ0n) is 15.4. The van der Waals surface area contributed by atoms with Crippen molar-refractivity contribution < 1.29 is 9.18 Å². The van der Waals surface area contributed by atoms with Crippen molar-refractivity contribution in [3.63, 3.8) is 0 Å². The van der Waals surface area contributed by atoms with Crippen LogP contribution in [0.2, 0.25) is 0 Å². The molecule has 5 nitrogen and oxygen atoms in total. The molecule has 0 atom stereocenters. The van der Waals surface area contributed by atoms with Crippen LogP contribution in [0, 0.1) is 5.82 Å². The largest absolute Gasteiger partial charge is 0.338 e. The summed E-state index contributed by atoms with van der Waals surface area (Å²) in [6.07, 6.45) is 1.25. The lowest BCUT2D eigenvalue weighted by Gasteiger charge is -2.33. The van der Waals surface area contributed by atoms with E-state index in [-0.39, 0.29) is 28.5 Å². The van der Waals surface area contributed by atoms with Gasteiger partial charge in [0, 0.05) is 24.6 Å². The van der Waals surface area contributed by atoms with Gasteiger partial charge in [0.05, 0.1) is 17.3 Å². The summed E-state index contributed by atoms with van der Waals surface area (Å²) in [5.74, 6) is -0.805. The molecule has 138 valence electrons. The number of halogens is 1. The van der Waals surface area contributed by atoms with E-state index in [1.165, 1.54) is 12.1 Å². The zero-order valence-corrected chi connectivity index (χ0v) is 15.4. The summed E-state index contributed by atoms with van der Waals surface area (Å²) in [5.41, 5.74) is 0.687. The first-order chi connectivity index (χ1) is 12.3. The van der Waals surface area contributed by atoms with Crippen LogP contribution < -0.4 is 5.56 Å². The van der Waals surface area contributed by atoms with Crippen molar-refractivity contribution in [1.82, 2.24) is 14.7 Å². The minimum atomic E-state index is -0.504. The summed E-state index contributed by atoms with van der Waals surface area (Å²) < 4.78 is 15.4. The molecule has 0 unspecified atom stereocenters. The van der Waals surface area contributed by atoms with Crippen molar-refractivity contribution >= 4 is 5.91 Å². The van der Waals surface area contributed by atoms with Crippen LogP contribution in [-0.2, 0) is 5.41 Å². The van der Waals surface area contributed by atoms with Crippen molar-refractivity contribution in [1.29, 1.82) is 0 Å². The van der Waals surface area contributed by atoms with E-state index >= 15 is 0 Å². The maximum Gasteiger partial charge on any atom is 0.267 e. The smallest absolute Gasteiger partial charge is 0.267 e. The van der Waals surface area contributed by atoms with Crippen molar-refractivity contribution in [3.05, 3.63) is 63.8 Å². The van der Waals surface area contributed by atoms with Gasteiger partial charge in [-0.3, -0.25) is 9.59 Å². The Morgan fingerprint density at radius 1 is 1.12 bits per heavy atom. The van der Waals surface area contributed by atoms with Crippen LogP contribution in [0.15, 0.2) is 41.2 Å². The second-order valence-corrected chi connectivity index (χ2v) is 7.75. The molecular formula is C20H24FN3O2. The molecule has 0 aliphatic carbocycles. The van der Waals surface area contributed by atoms with E-state index < -0.39 is 5.82 Å². The van der Waals surface area contributed by atoms with E-state index in [4.69, 9.17) is 0 Å². The van der Waals surface area contributed by atoms with Gasteiger partial charge in [0.1, 0.15) is 5.82 Å². The molecule has 1 aromatic carbocycles. The van der Waals surface area contributed by atoms with Gasteiger partial charge in [0.2, 0.25) is 0 Å². The van der Waals surface area contributed by atoms with Crippen LogP contribution in [0.4, 0.5) is 4.39 Å². The fraction of sp³-hybridized carbons (Fsp3) is 0.450. The van der Waals surface area contributed by atoms with E-state index in [1.807, 2.05) is 0 Å². The number of hydrogen-bond donors (Lipinski definition) is 0. The van der Waals surface area contributed by atoms with Gasteiger partial charge in [-0.2, -0.15) is 5.10 Å². The van der Waals surface area contributed by atoms with Gasteiger partial charge in [-0.05, 0) is 31.0 Å². The summed E-state index contributed by atoms with van der Waals surface area (Å²) >= 11 is 0. The number of hydrogen-bond acceptors (Lipinski definition) is 3. The van der Waals surface area contributed by atoms with Crippen molar-refractivity contribution in [2.75, 3.05) is 13.1 Å². The summed E-state index contributed by atoms with van der Waals surface area (Å²) in [6, 6.07) is 9.31. The van der Waals surface area contributed by atoms with Gasteiger partial charge in [0.15, 0.2) is 0 Å². The molecule has 0 N–H and O–H groups in total. The zero-order chi connectivity index (χ0) is 18.9. The molecule has 26 heavy (non-hydrogen) atoms. The second kappa shape index (κ2) is 7.02. The average Bonchev–Trinajstić information content (AvgIpc) is 2.61. The quantitative estimate of drug-likeness (QED) is 0.830. The Morgan fingerprint density at radius 2 is 1.77 bits per heavy atom. The van der Waals surface area contributed by atoms with Crippen molar-refractivity contribution in [2.24, 2.45) is 0 Å². The van der Waals surface area contributed by atoms with Crippen LogP contribution in [0.5, 0.6) is 0 Å². The standard InChI is InChI=1S/C20H24FN3O2/c1-20(2,3)17-8-9-18(25)24(22-17)14-10-12-23(13-11-14)19(26)15-6-4-5-7-16(15)21/h4-9,14H,10-13H2,1-3H3. The minimum absolute atomic E-state index is 0.0468. The Kier molecular flexibility index (Phi) is 4.94. The number of carbonyl (C=O) groups excluding carboxylic acids is 1. The molecule has 1 saturated heterocycles. The second-order valence-electron chi connectivity index (χ2n) is 7.75. The number of amides is 1. The monoisotopic (exact) mass is 357 g/mol. The highest BCUT2D eigenvalue weighted by atomic mass is 19.1. The number of piperidine rings is 1. The third-order valence-electron chi connectivity index (χ3n) is 4.80. The predicted octanol–water partition coefficient (Wildman–Crippen LogP) is 3.16. The van der Waals surface area contributed by atoms with Gasteiger partial charge in [-0.15, -0.1) is 0 Å². The number of carbonyl (C=O) groups is 1. The molecular weight excluding hydrogens is 333 g/mol. The first-order valence-corrected chi connectivity index (χ1v) is 8.91. The lowest BCUT2D eigenvalue weighted by molar-refractivity contribution is 0.0682. The Balaban J connectivity index is 1.74. The van der Waals surface area contributed by atoms with Crippen LogP contribution in [0.25, 0.3) is 0 Å². The Hall–Kier alpha value is -2.50. The lowest BCUT2D eigenvalue weighted by Crippen LogP contribution is -2.42. The van der Waals surface area contributed by atoms with E-state index in [0.717, 1.165) is 5.69 Å². The van der Waals surface area contributed by atoms with Crippen LogP contribution >= 0.6 is 0 Å². The Morgan fingerprint density at radius 3 is 2.38 bits per heavy atom. The van der Waals surface area contributed by atoms with Crippen LogP contribution in [-0.4, -0.2) is 33.7 Å². The van der Waals surface area contributed by atoms with Gasteiger partial charge in [-0.25, -0.2) is 9.07 Å². The van der Waals surface area contributed by atoms with Crippen LogP contribution in [0.1, 0.15) is 55.7 Å². The van der Waals surface area contributed by atoms with Gasteiger partial charge >= 0.3 is 0 Å². The fourth-order valence-electron chi connectivity index (χ4n) is 3.21. The average molecular weight is 357 g/mol. The number of likely N-dealkylation sites (tertiary alicyclic amines) is 1. The molecule has 1 amide bonds. The third kappa shape index (κ3) is 3.69. The molecule has 1 aliphatic rings. The van der Waals surface area contributed by atoms with Gasteiger partial charge in [-0.1, -0.05) is 32.9 Å². The highest BCUT2D eigenvalue weighted by molar-refractivity contribution is 5.94.